The molecule has 0 spiro atoms. The number of rotatable bonds is 4. The second-order valence-electron chi connectivity index (χ2n) is 3.04. The van der Waals surface area contributed by atoms with Gasteiger partial charge in [-0.3, -0.25) is 0 Å². The van der Waals surface area contributed by atoms with Crippen LogP contribution in [0.1, 0.15) is 26.4 Å². The van der Waals surface area contributed by atoms with Crippen molar-refractivity contribution in [1.82, 2.24) is 0 Å². The summed E-state index contributed by atoms with van der Waals surface area (Å²) in [5, 5.41) is 9.96. The average molecular weight is 177 g/mol. The summed E-state index contributed by atoms with van der Waals surface area (Å²) in [5.74, 6) is -0.0186. The van der Waals surface area contributed by atoms with Crippen LogP contribution in [0, 0.1) is 5.92 Å². The molecule has 0 unspecified atom stereocenters. The highest BCUT2D eigenvalue weighted by molar-refractivity contribution is 5.18. The van der Waals surface area contributed by atoms with E-state index in [1.165, 1.54) is 0 Å². The third-order valence-corrected chi connectivity index (χ3v) is 2.18. The second-order valence-corrected chi connectivity index (χ2v) is 3.04. The maximum atomic E-state index is 9.96. The summed E-state index contributed by atoms with van der Waals surface area (Å²) >= 11 is 0. The van der Waals surface area contributed by atoms with Crippen molar-refractivity contribution in [2.24, 2.45) is 5.92 Å². The SMILES string of the molecule is [2H]CC[C@@H](C=C)[C@@H](O)c1ccccc1. The van der Waals surface area contributed by atoms with Crippen molar-refractivity contribution < 1.29 is 6.48 Å². The van der Waals surface area contributed by atoms with Crippen LogP contribution in [-0.2, 0) is 0 Å². The Morgan fingerprint density at radius 1 is 1.54 bits per heavy atom. The Labute approximate surface area is 81.1 Å². The van der Waals surface area contributed by atoms with E-state index in [1.54, 1.807) is 6.08 Å². The lowest BCUT2D eigenvalue weighted by atomic mass is 9.94. The Morgan fingerprint density at radius 2 is 2.23 bits per heavy atom. The lowest BCUT2D eigenvalue weighted by molar-refractivity contribution is 0.129. The van der Waals surface area contributed by atoms with E-state index in [0.29, 0.717) is 13.3 Å². The number of aliphatic hydroxyl groups excluding tert-OH is 1. The van der Waals surface area contributed by atoms with Crippen LogP contribution in [0.2, 0.25) is 0 Å². The maximum Gasteiger partial charge on any atom is 0.0852 e. The Balaban J connectivity index is 2.72. The summed E-state index contributed by atoms with van der Waals surface area (Å²) in [5.41, 5.74) is 0.894. The van der Waals surface area contributed by atoms with Crippen LogP contribution < -0.4 is 0 Å². The van der Waals surface area contributed by atoms with E-state index in [2.05, 4.69) is 6.58 Å². The smallest absolute Gasteiger partial charge is 0.0852 e. The molecular weight excluding hydrogens is 160 g/mol. The number of aliphatic hydroxyl groups is 1. The van der Waals surface area contributed by atoms with Crippen molar-refractivity contribution in [2.75, 3.05) is 0 Å². The molecule has 0 saturated heterocycles. The van der Waals surface area contributed by atoms with Gasteiger partial charge in [0.05, 0.1) is 6.10 Å². The maximum absolute atomic E-state index is 9.96. The highest BCUT2D eigenvalue weighted by Crippen LogP contribution is 2.24. The Bertz CT molecular complexity index is 271. The van der Waals surface area contributed by atoms with E-state index in [1.807, 2.05) is 30.3 Å². The number of hydrogen-bond donors (Lipinski definition) is 1. The quantitative estimate of drug-likeness (QED) is 0.701. The summed E-state index contributed by atoms with van der Waals surface area (Å²) in [6.45, 7) is 4.00. The van der Waals surface area contributed by atoms with Gasteiger partial charge >= 0.3 is 0 Å². The molecule has 0 heterocycles. The molecule has 1 aromatic rings. The first-order chi connectivity index (χ1) is 6.79. The van der Waals surface area contributed by atoms with Gasteiger partial charge in [0.1, 0.15) is 0 Å². The van der Waals surface area contributed by atoms with Gasteiger partial charge in [0.15, 0.2) is 0 Å². The van der Waals surface area contributed by atoms with Crippen LogP contribution >= 0.6 is 0 Å². The molecular formula is C12H16O. The predicted octanol–water partition coefficient (Wildman–Crippen LogP) is 2.93. The zero-order valence-corrected chi connectivity index (χ0v) is 7.69. The normalized spacial score (nSPS) is 15.9. The van der Waals surface area contributed by atoms with Gasteiger partial charge in [0, 0.05) is 7.29 Å². The van der Waals surface area contributed by atoms with Crippen LogP contribution in [-0.4, -0.2) is 5.11 Å². The molecule has 0 bridgehead atoms. The molecule has 0 radical (unpaired) electrons. The minimum Gasteiger partial charge on any atom is -0.388 e. The number of hydrogen-bond acceptors (Lipinski definition) is 1. The molecule has 1 aromatic carbocycles. The summed E-state index contributed by atoms with van der Waals surface area (Å²) in [4.78, 5) is 0. The first-order valence-electron chi connectivity index (χ1n) is 5.15. The lowest BCUT2D eigenvalue weighted by Gasteiger charge is -2.17. The molecule has 0 amide bonds. The van der Waals surface area contributed by atoms with Gasteiger partial charge in [0.25, 0.3) is 0 Å². The molecule has 0 aliphatic carbocycles. The standard InChI is InChI=1S/C12H16O/c1-3-10(4-2)12(13)11-8-6-5-7-9-11/h3,5-10,12-13H,1,4H2,2H3/t10-,12-/m1/s1/i2D. The van der Waals surface area contributed by atoms with Crippen molar-refractivity contribution in [3.05, 3.63) is 48.6 Å². The van der Waals surface area contributed by atoms with Crippen LogP contribution in [0.5, 0.6) is 0 Å². The van der Waals surface area contributed by atoms with Crippen molar-refractivity contribution >= 4 is 0 Å². The first kappa shape index (κ1) is 8.52. The number of benzene rings is 1. The molecule has 0 aliphatic heterocycles. The summed E-state index contributed by atoms with van der Waals surface area (Å²) in [6, 6.07) is 9.51. The molecule has 0 saturated carbocycles. The Hall–Kier alpha value is -1.08. The fraction of sp³-hybridized carbons (Fsp3) is 0.333. The molecule has 13 heavy (non-hydrogen) atoms. The molecule has 0 aromatic heterocycles. The van der Waals surface area contributed by atoms with E-state index in [4.69, 9.17) is 1.37 Å². The zero-order valence-electron chi connectivity index (χ0n) is 8.69. The molecule has 1 N–H and O–H groups in total. The second kappa shape index (κ2) is 4.83. The highest BCUT2D eigenvalue weighted by atomic mass is 16.3. The van der Waals surface area contributed by atoms with Gasteiger partial charge in [-0.05, 0) is 12.0 Å². The monoisotopic (exact) mass is 177 g/mol. The van der Waals surface area contributed by atoms with Crippen LogP contribution in [0.15, 0.2) is 43.0 Å². The average Bonchev–Trinajstić information content (AvgIpc) is 2.26. The van der Waals surface area contributed by atoms with Gasteiger partial charge in [-0.15, -0.1) is 6.58 Å². The van der Waals surface area contributed by atoms with Gasteiger partial charge in [-0.2, -0.15) is 0 Å². The fourth-order valence-electron chi connectivity index (χ4n) is 1.30. The molecule has 0 fully saturated rings. The van der Waals surface area contributed by atoms with Crippen molar-refractivity contribution in [1.29, 1.82) is 0 Å². The van der Waals surface area contributed by atoms with Crippen LogP contribution in [0.4, 0.5) is 0 Å². The molecule has 1 nitrogen and oxygen atoms in total. The van der Waals surface area contributed by atoms with E-state index in [-0.39, 0.29) is 5.92 Å². The van der Waals surface area contributed by atoms with E-state index < -0.39 is 6.10 Å². The molecule has 70 valence electrons. The van der Waals surface area contributed by atoms with Gasteiger partial charge < -0.3 is 5.11 Å². The van der Waals surface area contributed by atoms with E-state index in [9.17, 15) is 5.11 Å². The predicted molar refractivity (Wildman–Crippen MR) is 55.4 cm³/mol. The fourth-order valence-corrected chi connectivity index (χ4v) is 1.30. The van der Waals surface area contributed by atoms with Gasteiger partial charge in [0.2, 0.25) is 0 Å². The molecule has 1 rings (SSSR count). The summed E-state index contributed by atoms with van der Waals surface area (Å²) in [7, 11) is 0. The van der Waals surface area contributed by atoms with Crippen molar-refractivity contribution in [3.63, 3.8) is 0 Å². The van der Waals surface area contributed by atoms with Crippen LogP contribution in [0.3, 0.4) is 0 Å². The third-order valence-electron chi connectivity index (χ3n) is 2.18. The topological polar surface area (TPSA) is 20.2 Å². The minimum absolute atomic E-state index is 0.0186. The highest BCUT2D eigenvalue weighted by Gasteiger charge is 2.14. The van der Waals surface area contributed by atoms with Crippen molar-refractivity contribution in [2.45, 2.75) is 19.4 Å². The molecule has 1 heteroatoms. The first-order valence-corrected chi connectivity index (χ1v) is 4.44. The molecule has 2 atom stereocenters. The summed E-state index contributed by atoms with van der Waals surface area (Å²) < 4.78 is 7.13. The van der Waals surface area contributed by atoms with Gasteiger partial charge in [-0.1, -0.05) is 43.3 Å². The lowest BCUT2D eigenvalue weighted by Crippen LogP contribution is -2.08. The third kappa shape index (κ3) is 2.43. The summed E-state index contributed by atoms with van der Waals surface area (Å²) in [6.07, 6.45) is 1.85. The zero-order chi connectivity index (χ0) is 10.4. The molecule has 0 aliphatic rings. The van der Waals surface area contributed by atoms with Crippen LogP contribution in [0.25, 0.3) is 0 Å². The minimum atomic E-state index is -0.529. The van der Waals surface area contributed by atoms with Crippen molar-refractivity contribution in [3.8, 4) is 0 Å². The largest absolute Gasteiger partial charge is 0.388 e. The van der Waals surface area contributed by atoms with Gasteiger partial charge in [-0.25, -0.2) is 0 Å². The van der Waals surface area contributed by atoms with E-state index in [0.717, 1.165) is 5.56 Å². The Kier molecular flexibility index (Phi) is 3.16. The van der Waals surface area contributed by atoms with E-state index >= 15 is 0 Å². The Morgan fingerprint density at radius 3 is 2.77 bits per heavy atom.